The molecule has 0 aliphatic carbocycles. The fourth-order valence-electron chi connectivity index (χ4n) is 3.28. The van der Waals surface area contributed by atoms with Gasteiger partial charge in [0, 0.05) is 41.3 Å². The first kappa shape index (κ1) is 21.7. The Hall–Kier alpha value is -3.48. The summed E-state index contributed by atoms with van der Waals surface area (Å²) < 4.78 is 0. The Morgan fingerprint density at radius 2 is 1.75 bits per heavy atom. The fraction of sp³-hybridized carbons (Fsp3) is 0.217. The van der Waals surface area contributed by atoms with Crippen LogP contribution in [0.4, 0.5) is 0 Å². The zero-order valence-corrected chi connectivity index (χ0v) is 18.7. The first-order chi connectivity index (χ1) is 15.6. The van der Waals surface area contributed by atoms with E-state index in [0.717, 1.165) is 23.4 Å². The van der Waals surface area contributed by atoms with Crippen molar-refractivity contribution in [2.75, 3.05) is 13.1 Å². The first-order valence-electron chi connectivity index (χ1n) is 10.0. The maximum atomic E-state index is 12.4. The molecule has 7 nitrogen and oxygen atoms in total. The Labute approximate surface area is 193 Å². The molecule has 3 amide bonds. The average Bonchev–Trinajstić information content (AvgIpc) is 3.54. The quantitative estimate of drug-likeness (QED) is 0.460. The van der Waals surface area contributed by atoms with Gasteiger partial charge in [-0.1, -0.05) is 24.1 Å². The second-order valence-corrected chi connectivity index (χ2v) is 8.84. The third kappa shape index (κ3) is 5.41. The van der Waals surface area contributed by atoms with Crippen molar-refractivity contribution in [2.24, 2.45) is 0 Å². The highest BCUT2D eigenvalue weighted by Crippen LogP contribution is 2.30. The maximum absolute atomic E-state index is 12.4. The van der Waals surface area contributed by atoms with Crippen molar-refractivity contribution in [1.29, 1.82) is 0 Å². The van der Waals surface area contributed by atoms with Gasteiger partial charge in [-0.05, 0) is 36.4 Å². The third-order valence-electron chi connectivity index (χ3n) is 5.05. The predicted molar refractivity (Wildman–Crippen MR) is 123 cm³/mol. The predicted octanol–water partition coefficient (Wildman–Crippen LogP) is 3.04. The molecule has 32 heavy (non-hydrogen) atoms. The SMILES string of the molecule is O=C(NNC(=O)c1csc(C2CCN(C(=O)C#Cc3ccccc3)CC2)n1)c1ccsc1. The molecule has 4 rings (SSSR count). The Morgan fingerprint density at radius 1 is 1.00 bits per heavy atom. The molecule has 2 N–H and O–H groups in total. The van der Waals surface area contributed by atoms with Crippen LogP contribution in [-0.4, -0.2) is 40.7 Å². The molecule has 2 aromatic heterocycles. The summed E-state index contributed by atoms with van der Waals surface area (Å²) in [5.74, 6) is 4.80. The van der Waals surface area contributed by atoms with Crippen LogP contribution in [0.2, 0.25) is 0 Å². The summed E-state index contributed by atoms with van der Waals surface area (Å²) in [6.07, 6.45) is 1.53. The number of thiophene rings is 1. The Kier molecular flexibility index (Phi) is 6.94. The van der Waals surface area contributed by atoms with Crippen LogP contribution < -0.4 is 10.9 Å². The molecule has 0 radical (unpaired) electrons. The number of carbonyl (C=O) groups is 3. The van der Waals surface area contributed by atoms with Crippen molar-refractivity contribution in [3.63, 3.8) is 0 Å². The lowest BCUT2D eigenvalue weighted by Gasteiger charge is -2.29. The number of amides is 3. The number of nitrogens with zero attached hydrogens (tertiary/aromatic N) is 2. The molecule has 0 unspecified atom stereocenters. The molecule has 3 heterocycles. The molecule has 0 spiro atoms. The van der Waals surface area contributed by atoms with Gasteiger partial charge in [-0.3, -0.25) is 25.2 Å². The standard InChI is InChI=1S/C23H20N4O3S2/c28-20(7-6-16-4-2-1-3-5-16)27-11-8-17(9-12-27)23-24-19(15-32-23)22(30)26-25-21(29)18-10-13-31-14-18/h1-5,10,13-15,17H,8-9,11-12H2,(H,25,29)(H,26,30). The number of hydrazine groups is 1. The Morgan fingerprint density at radius 3 is 2.47 bits per heavy atom. The van der Waals surface area contributed by atoms with E-state index < -0.39 is 5.91 Å². The normalized spacial score (nSPS) is 13.7. The third-order valence-corrected chi connectivity index (χ3v) is 6.74. The molecule has 3 aromatic rings. The van der Waals surface area contributed by atoms with Gasteiger partial charge in [0.1, 0.15) is 5.69 Å². The van der Waals surface area contributed by atoms with Crippen molar-refractivity contribution in [2.45, 2.75) is 18.8 Å². The van der Waals surface area contributed by atoms with Crippen LogP contribution in [0, 0.1) is 11.8 Å². The number of piperidine rings is 1. The van der Waals surface area contributed by atoms with Gasteiger partial charge in [-0.15, -0.1) is 11.3 Å². The minimum Gasteiger partial charge on any atom is -0.332 e. The number of hydrogen-bond donors (Lipinski definition) is 2. The summed E-state index contributed by atoms with van der Waals surface area (Å²) in [6, 6.07) is 11.1. The minimum absolute atomic E-state index is 0.173. The van der Waals surface area contributed by atoms with Crippen LogP contribution in [0.25, 0.3) is 0 Å². The van der Waals surface area contributed by atoms with Gasteiger partial charge in [0.2, 0.25) is 0 Å². The highest BCUT2D eigenvalue weighted by Gasteiger charge is 2.26. The van der Waals surface area contributed by atoms with Crippen LogP contribution in [0.1, 0.15) is 50.2 Å². The van der Waals surface area contributed by atoms with Crippen molar-refractivity contribution < 1.29 is 14.4 Å². The molecule has 0 atom stereocenters. The van der Waals surface area contributed by atoms with E-state index in [1.807, 2.05) is 30.3 Å². The van der Waals surface area contributed by atoms with Gasteiger partial charge in [0.05, 0.1) is 10.6 Å². The van der Waals surface area contributed by atoms with E-state index in [0.29, 0.717) is 18.7 Å². The van der Waals surface area contributed by atoms with Gasteiger partial charge in [0.15, 0.2) is 0 Å². The second kappa shape index (κ2) is 10.2. The lowest BCUT2D eigenvalue weighted by Crippen LogP contribution is -2.41. The van der Waals surface area contributed by atoms with E-state index in [1.54, 1.807) is 27.1 Å². The molecule has 9 heteroatoms. The molecule has 1 fully saturated rings. The van der Waals surface area contributed by atoms with E-state index in [1.165, 1.54) is 22.7 Å². The van der Waals surface area contributed by atoms with Gasteiger partial charge in [-0.25, -0.2) is 4.98 Å². The van der Waals surface area contributed by atoms with Crippen LogP contribution >= 0.6 is 22.7 Å². The van der Waals surface area contributed by atoms with Gasteiger partial charge in [-0.2, -0.15) is 11.3 Å². The Balaban J connectivity index is 1.27. The summed E-state index contributed by atoms with van der Waals surface area (Å²) in [6.45, 7) is 1.20. The zero-order chi connectivity index (χ0) is 22.3. The average molecular weight is 465 g/mol. The number of nitrogens with one attached hydrogen (secondary N) is 2. The van der Waals surface area contributed by atoms with Crippen molar-refractivity contribution >= 4 is 40.4 Å². The lowest BCUT2D eigenvalue weighted by molar-refractivity contribution is -0.126. The first-order valence-corrected chi connectivity index (χ1v) is 11.9. The molecule has 0 bridgehead atoms. The van der Waals surface area contributed by atoms with Gasteiger partial charge in [0.25, 0.3) is 17.7 Å². The van der Waals surface area contributed by atoms with Crippen molar-refractivity contribution in [3.8, 4) is 11.8 Å². The van der Waals surface area contributed by atoms with E-state index in [-0.39, 0.29) is 23.4 Å². The number of hydrogen-bond acceptors (Lipinski definition) is 6. The topological polar surface area (TPSA) is 91.4 Å². The van der Waals surface area contributed by atoms with E-state index >= 15 is 0 Å². The molecule has 0 saturated carbocycles. The Bertz CT molecular complexity index is 1150. The number of thiazole rings is 1. The number of rotatable bonds is 3. The minimum atomic E-state index is -0.458. The molecule has 1 aliphatic heterocycles. The highest BCUT2D eigenvalue weighted by molar-refractivity contribution is 7.10. The summed E-state index contributed by atoms with van der Waals surface area (Å²) >= 11 is 2.82. The van der Waals surface area contributed by atoms with Crippen LogP contribution in [-0.2, 0) is 4.79 Å². The molecule has 162 valence electrons. The largest absolute Gasteiger partial charge is 0.332 e. The van der Waals surface area contributed by atoms with E-state index in [2.05, 4.69) is 27.7 Å². The number of aromatic nitrogens is 1. The smallest absolute Gasteiger partial charge is 0.298 e. The van der Waals surface area contributed by atoms with Gasteiger partial charge < -0.3 is 4.90 Å². The number of benzene rings is 1. The second-order valence-electron chi connectivity index (χ2n) is 7.17. The summed E-state index contributed by atoms with van der Waals surface area (Å²) in [7, 11) is 0. The van der Waals surface area contributed by atoms with Crippen LogP contribution in [0.15, 0.2) is 52.5 Å². The van der Waals surface area contributed by atoms with E-state index in [9.17, 15) is 14.4 Å². The van der Waals surface area contributed by atoms with Crippen molar-refractivity contribution in [3.05, 3.63) is 74.4 Å². The maximum Gasteiger partial charge on any atom is 0.298 e. The molecular formula is C23H20N4O3S2. The van der Waals surface area contributed by atoms with Gasteiger partial charge >= 0.3 is 0 Å². The summed E-state index contributed by atoms with van der Waals surface area (Å²) in [4.78, 5) is 42.8. The number of carbonyl (C=O) groups excluding carboxylic acids is 3. The fourth-order valence-corrected chi connectivity index (χ4v) is 4.89. The highest BCUT2D eigenvalue weighted by atomic mass is 32.1. The van der Waals surface area contributed by atoms with Crippen LogP contribution in [0.5, 0.6) is 0 Å². The van der Waals surface area contributed by atoms with Crippen molar-refractivity contribution in [1.82, 2.24) is 20.7 Å². The molecule has 1 saturated heterocycles. The van der Waals surface area contributed by atoms with E-state index in [4.69, 9.17) is 0 Å². The molecule has 1 aliphatic rings. The summed E-state index contributed by atoms with van der Waals surface area (Å²) in [5.41, 5.74) is 6.36. The lowest BCUT2D eigenvalue weighted by atomic mass is 9.97. The number of likely N-dealkylation sites (tertiary alicyclic amines) is 1. The summed E-state index contributed by atoms with van der Waals surface area (Å²) in [5, 5.41) is 6.04. The molecular weight excluding hydrogens is 444 g/mol. The molecule has 1 aromatic carbocycles. The zero-order valence-electron chi connectivity index (χ0n) is 17.0. The van der Waals surface area contributed by atoms with Crippen LogP contribution in [0.3, 0.4) is 0 Å². The monoisotopic (exact) mass is 464 g/mol.